The van der Waals surface area contributed by atoms with Gasteiger partial charge in [0, 0.05) is 0 Å². The van der Waals surface area contributed by atoms with Crippen molar-refractivity contribution in [2.45, 2.75) is 33.2 Å². The second-order valence-corrected chi connectivity index (χ2v) is 7.25. The molecule has 4 heteroatoms. The van der Waals surface area contributed by atoms with Gasteiger partial charge in [-0.1, -0.05) is 0 Å². The Labute approximate surface area is 130 Å². The van der Waals surface area contributed by atoms with E-state index >= 15 is 0 Å². The van der Waals surface area contributed by atoms with Crippen LogP contribution < -0.4 is 0 Å². The van der Waals surface area contributed by atoms with Gasteiger partial charge in [-0.2, -0.15) is 0 Å². The van der Waals surface area contributed by atoms with Gasteiger partial charge in [0.05, 0.1) is 0 Å². The molecule has 111 valence electrons. The van der Waals surface area contributed by atoms with Crippen LogP contribution in [0.5, 0.6) is 0 Å². The van der Waals surface area contributed by atoms with Gasteiger partial charge in [-0.3, -0.25) is 0 Å². The van der Waals surface area contributed by atoms with Crippen molar-refractivity contribution in [3.05, 3.63) is 40.5 Å². The number of nitrogens with zero attached hydrogens (tertiary/aromatic N) is 1. The van der Waals surface area contributed by atoms with Crippen LogP contribution in [0.15, 0.2) is 10.5 Å². The summed E-state index contributed by atoms with van der Waals surface area (Å²) < 4.78 is 6.17. The molecule has 0 aliphatic heterocycles. The first kappa shape index (κ1) is 17.7. The second-order valence-electron chi connectivity index (χ2n) is 4.80. The van der Waals surface area contributed by atoms with Crippen LogP contribution in [-0.2, 0) is 9.53 Å². The molecule has 0 aromatic heterocycles. The molecule has 0 spiro atoms. The van der Waals surface area contributed by atoms with Gasteiger partial charge in [0.15, 0.2) is 0 Å². The molecular weight excluding hydrogens is 317 g/mol. The van der Waals surface area contributed by atoms with Crippen molar-refractivity contribution < 1.29 is 9.53 Å². The van der Waals surface area contributed by atoms with Gasteiger partial charge < -0.3 is 0 Å². The fourth-order valence-corrected chi connectivity index (χ4v) is 4.07. The molecule has 0 N–H and O–H groups in total. The second kappa shape index (κ2) is 8.86. The Morgan fingerprint density at radius 2 is 2.10 bits per heavy atom. The minimum absolute atomic E-state index is 0.185. The molecule has 1 fully saturated rings. The molecule has 0 unspecified atom stereocenters. The molecule has 3 nitrogen and oxygen atoms in total. The number of carbonyl (C=O) groups is 1. The number of hydrogen-bond donors (Lipinski definition) is 0. The predicted molar refractivity (Wildman–Crippen MR) is 83.3 cm³/mol. The summed E-state index contributed by atoms with van der Waals surface area (Å²) in [6.07, 6.45) is 9.01. The van der Waals surface area contributed by atoms with Crippen LogP contribution in [-0.4, -0.2) is 52.6 Å². The normalized spacial score (nSPS) is 19.6. The Morgan fingerprint density at radius 1 is 1.40 bits per heavy atom. The molecule has 0 bridgehead atoms. The maximum atomic E-state index is 11.6. The summed E-state index contributed by atoms with van der Waals surface area (Å²) in [7, 11) is 4.17. The molecule has 0 amide bonds. The number of esters is 1. The summed E-state index contributed by atoms with van der Waals surface area (Å²) in [5, 5.41) is 0. The first-order valence-electron chi connectivity index (χ1n) is 6.96. The molecule has 1 aliphatic rings. The van der Waals surface area contributed by atoms with Crippen LogP contribution in [0.1, 0.15) is 27.2 Å². The first-order chi connectivity index (χ1) is 9.49. The average molecular weight is 341 g/mol. The van der Waals surface area contributed by atoms with Crippen molar-refractivity contribution in [2.24, 2.45) is 0 Å². The Hall–Kier alpha value is -0.311. The molecule has 1 saturated carbocycles. The number of allylic oxidation sites excluding steroid dienone is 1. The van der Waals surface area contributed by atoms with Crippen molar-refractivity contribution in [2.75, 3.05) is 20.7 Å². The summed E-state index contributed by atoms with van der Waals surface area (Å²) in [5.74, 6) is 1.14. The quantitative estimate of drug-likeness (QED) is 0.404. The molecule has 20 heavy (non-hydrogen) atoms. The first-order valence-corrected chi connectivity index (χ1v) is 8.68. The Morgan fingerprint density at radius 3 is 2.65 bits per heavy atom. The van der Waals surface area contributed by atoms with E-state index in [1.54, 1.807) is 6.08 Å². The van der Waals surface area contributed by atoms with Crippen molar-refractivity contribution in [3.63, 3.8) is 0 Å². The number of ether oxygens (including phenoxy) is 1. The van der Waals surface area contributed by atoms with Crippen LogP contribution in [0.3, 0.4) is 0 Å². The van der Waals surface area contributed by atoms with Crippen molar-refractivity contribution in [3.8, 4) is 0 Å². The van der Waals surface area contributed by atoms with Gasteiger partial charge in [0.1, 0.15) is 0 Å². The minimum atomic E-state index is -0.222. The average Bonchev–Trinajstić information content (AvgIpc) is 2.85. The summed E-state index contributed by atoms with van der Waals surface area (Å²) in [6.45, 7) is 6.55. The number of hydrogen-bond acceptors (Lipinski definition) is 3. The zero-order chi connectivity index (χ0) is 15.1. The molecule has 5 radical (unpaired) electrons. The van der Waals surface area contributed by atoms with E-state index in [0.717, 1.165) is 6.42 Å². The molecule has 0 aromatic carbocycles. The third kappa shape index (κ3) is 5.23. The van der Waals surface area contributed by atoms with E-state index in [2.05, 4.69) is 52.1 Å². The molecule has 1 aliphatic carbocycles. The van der Waals surface area contributed by atoms with E-state index in [-0.39, 0.29) is 20.9 Å². The maximum absolute atomic E-state index is 11.6. The van der Waals surface area contributed by atoms with Crippen molar-refractivity contribution in [1.29, 1.82) is 0 Å². The Balaban J connectivity index is 2.66. The van der Waals surface area contributed by atoms with Crippen LogP contribution >= 0.6 is 0 Å². The van der Waals surface area contributed by atoms with Gasteiger partial charge in [-0.15, -0.1) is 0 Å². The fourth-order valence-electron chi connectivity index (χ4n) is 1.79. The van der Waals surface area contributed by atoms with Crippen molar-refractivity contribution in [1.82, 2.24) is 4.90 Å². The third-order valence-electron chi connectivity index (χ3n) is 3.19. The Kier molecular flexibility index (Phi) is 7.86. The SMILES string of the molecule is CCOC(=O)/C=C(/CC)[Se][C]1[CH][CH][CH][C]1[C@H](C)N(C)C. The van der Waals surface area contributed by atoms with E-state index in [4.69, 9.17) is 4.74 Å². The van der Waals surface area contributed by atoms with Crippen LogP contribution in [0, 0.1) is 30.0 Å². The van der Waals surface area contributed by atoms with E-state index in [1.807, 2.05) is 6.92 Å². The summed E-state index contributed by atoms with van der Waals surface area (Å²) in [5.41, 5.74) is 0. The van der Waals surface area contributed by atoms with Crippen LogP contribution in [0.2, 0.25) is 0 Å². The zero-order valence-corrected chi connectivity index (χ0v) is 14.7. The van der Waals surface area contributed by atoms with Crippen LogP contribution in [0.25, 0.3) is 0 Å². The number of rotatable bonds is 7. The van der Waals surface area contributed by atoms with E-state index in [1.165, 1.54) is 15.2 Å². The van der Waals surface area contributed by atoms with Gasteiger partial charge in [0.25, 0.3) is 0 Å². The van der Waals surface area contributed by atoms with Gasteiger partial charge in [-0.05, 0) is 0 Å². The zero-order valence-electron chi connectivity index (χ0n) is 13.0. The van der Waals surface area contributed by atoms with Crippen LogP contribution in [0.4, 0.5) is 0 Å². The third-order valence-corrected chi connectivity index (χ3v) is 5.83. The van der Waals surface area contributed by atoms with E-state index in [9.17, 15) is 4.79 Å². The van der Waals surface area contributed by atoms with E-state index in [0.29, 0.717) is 12.6 Å². The number of carbonyl (C=O) groups excluding carboxylic acids is 1. The van der Waals surface area contributed by atoms with Gasteiger partial charge in [-0.25, -0.2) is 0 Å². The Bertz CT molecular complexity index is 341. The monoisotopic (exact) mass is 342 g/mol. The summed E-state index contributed by atoms with van der Waals surface area (Å²) in [6, 6.07) is 0.391. The molecular formula is C16H24NO2Se. The predicted octanol–water partition coefficient (Wildman–Crippen LogP) is 2.23. The van der Waals surface area contributed by atoms with E-state index < -0.39 is 0 Å². The topological polar surface area (TPSA) is 29.5 Å². The van der Waals surface area contributed by atoms with Gasteiger partial charge >= 0.3 is 130 Å². The van der Waals surface area contributed by atoms with Crippen molar-refractivity contribution >= 4 is 20.9 Å². The molecule has 1 rings (SSSR count). The molecule has 0 saturated heterocycles. The fraction of sp³-hybridized carbons (Fsp3) is 0.500. The summed E-state index contributed by atoms with van der Waals surface area (Å²) >= 11 is 0.185. The standard InChI is InChI=1S/C16H24NO2Se/c1-6-13(11-16(18)19-7-2)20-15-10-8-9-14(15)12(3)17(4)5/h8-12H,6-7H2,1-5H3/b13-11-/t12-/m0/s1. The molecule has 1 atom stereocenters. The molecule has 0 aromatic rings. The van der Waals surface area contributed by atoms with Gasteiger partial charge in [0.2, 0.25) is 0 Å². The summed E-state index contributed by atoms with van der Waals surface area (Å²) in [4.78, 5) is 15.1. The molecule has 0 heterocycles.